The molecule has 1 aromatic carbocycles. The maximum atomic E-state index is 13.9. The summed E-state index contributed by atoms with van der Waals surface area (Å²) in [7, 11) is -5.89. The Hall–Kier alpha value is -1.68. The van der Waals surface area contributed by atoms with Gasteiger partial charge in [0.05, 0.1) is 4.90 Å². The molecule has 0 radical (unpaired) electrons. The minimum absolute atomic E-state index is 0.0222. The van der Waals surface area contributed by atoms with Crippen LogP contribution >= 0.6 is 0 Å². The molecule has 2 N–H and O–H groups in total. The largest absolute Gasteiger partial charge is 0.343 e. The zero-order valence-corrected chi connectivity index (χ0v) is 25.3. The lowest BCUT2D eigenvalue weighted by Crippen LogP contribution is -2.39. The molecule has 0 unspecified atom stereocenters. The summed E-state index contributed by atoms with van der Waals surface area (Å²) < 4.78 is 56.4. The van der Waals surface area contributed by atoms with Crippen molar-refractivity contribution in [3.63, 3.8) is 0 Å². The van der Waals surface area contributed by atoms with Gasteiger partial charge in [0, 0.05) is 31.0 Å². The summed E-state index contributed by atoms with van der Waals surface area (Å²) in [4.78, 5) is 0.463. The summed E-state index contributed by atoms with van der Waals surface area (Å²) in [5.41, 5.74) is 2.51. The Morgan fingerprint density at radius 2 is 1.47 bits per heavy atom. The zero-order valence-electron chi connectivity index (χ0n) is 23.7. The lowest BCUT2D eigenvalue weighted by Gasteiger charge is -2.32. The van der Waals surface area contributed by atoms with Gasteiger partial charge in [-0.3, -0.25) is 0 Å². The van der Waals surface area contributed by atoms with E-state index in [1.807, 2.05) is 39.8 Å². The SMILES string of the molecule is Cc1c(S(N)(=O)=O)cc(-c2ccc(S(=O)(=O)N(C)C3CCCCC3)c(C(C)(C)C)c2)n1CC1CCCCC1. The predicted octanol–water partition coefficient (Wildman–Crippen LogP) is 5.94. The Labute approximate surface area is 229 Å². The standard InChI is InChI=1S/C29H45N3O4S2/c1-21-28(37(30,33)34)19-26(32(21)20-22-12-8-6-9-13-22)23-16-17-27(25(18-23)29(2,3)4)38(35,36)31(5)24-14-10-7-11-15-24/h16-19,22,24H,6-15,20H2,1-5H3,(H2,30,33,34). The first-order chi connectivity index (χ1) is 17.7. The first kappa shape index (κ1) is 29.3. The number of nitrogens with two attached hydrogens (primary N) is 1. The summed E-state index contributed by atoms with van der Waals surface area (Å²) >= 11 is 0. The number of hydrogen-bond donors (Lipinski definition) is 1. The van der Waals surface area contributed by atoms with E-state index in [9.17, 15) is 16.8 Å². The molecule has 0 spiro atoms. The number of aromatic nitrogens is 1. The second-order valence-electron chi connectivity index (χ2n) is 12.4. The van der Waals surface area contributed by atoms with E-state index < -0.39 is 25.5 Å². The zero-order chi connectivity index (χ0) is 27.9. The molecule has 2 aromatic rings. The molecule has 1 aromatic heterocycles. The first-order valence-corrected chi connectivity index (χ1v) is 17.1. The van der Waals surface area contributed by atoms with Gasteiger partial charge in [-0.15, -0.1) is 0 Å². The van der Waals surface area contributed by atoms with E-state index in [1.54, 1.807) is 23.5 Å². The Morgan fingerprint density at radius 1 is 0.895 bits per heavy atom. The van der Waals surface area contributed by atoms with Crippen LogP contribution in [0.3, 0.4) is 0 Å². The average Bonchev–Trinajstić information content (AvgIpc) is 3.20. The van der Waals surface area contributed by atoms with Crippen molar-refractivity contribution in [2.45, 2.75) is 120 Å². The molecule has 0 atom stereocenters. The molecule has 2 saturated carbocycles. The number of primary sulfonamides is 1. The van der Waals surface area contributed by atoms with Crippen molar-refractivity contribution in [2.75, 3.05) is 7.05 Å². The second kappa shape index (κ2) is 11.1. The highest BCUT2D eigenvalue weighted by atomic mass is 32.2. The fourth-order valence-electron chi connectivity index (χ4n) is 6.31. The van der Waals surface area contributed by atoms with Crippen molar-refractivity contribution in [1.82, 2.24) is 8.87 Å². The van der Waals surface area contributed by atoms with Gasteiger partial charge in [0.2, 0.25) is 20.0 Å². The third-order valence-electron chi connectivity index (χ3n) is 8.62. The molecule has 2 fully saturated rings. The van der Waals surface area contributed by atoms with Crippen molar-refractivity contribution < 1.29 is 16.8 Å². The molecule has 0 saturated heterocycles. The van der Waals surface area contributed by atoms with Gasteiger partial charge in [-0.25, -0.2) is 22.0 Å². The molecule has 0 amide bonds. The molecule has 212 valence electrons. The molecule has 4 rings (SSSR count). The normalized spacial score (nSPS) is 18.8. The third kappa shape index (κ3) is 6.06. The highest BCUT2D eigenvalue weighted by Gasteiger charge is 2.34. The number of benzene rings is 1. The molecule has 0 bridgehead atoms. The van der Waals surface area contributed by atoms with Crippen molar-refractivity contribution >= 4 is 20.0 Å². The average molecular weight is 564 g/mol. The van der Waals surface area contributed by atoms with Gasteiger partial charge in [-0.2, -0.15) is 4.31 Å². The van der Waals surface area contributed by atoms with Gasteiger partial charge >= 0.3 is 0 Å². The monoisotopic (exact) mass is 563 g/mol. The maximum absolute atomic E-state index is 13.9. The van der Waals surface area contributed by atoms with Crippen molar-refractivity contribution in [3.05, 3.63) is 35.5 Å². The summed E-state index contributed by atoms with van der Waals surface area (Å²) in [6, 6.07) is 7.18. The van der Waals surface area contributed by atoms with Crippen LogP contribution in [0.25, 0.3) is 11.3 Å². The van der Waals surface area contributed by atoms with Gasteiger partial charge in [-0.1, -0.05) is 65.4 Å². The summed E-state index contributed by atoms with van der Waals surface area (Å²) in [6.45, 7) is 8.61. The highest BCUT2D eigenvalue weighted by molar-refractivity contribution is 7.89. The van der Waals surface area contributed by atoms with Gasteiger partial charge in [0.15, 0.2) is 0 Å². The van der Waals surface area contributed by atoms with Crippen molar-refractivity contribution in [3.8, 4) is 11.3 Å². The minimum Gasteiger partial charge on any atom is -0.343 e. The van der Waals surface area contributed by atoms with Crippen molar-refractivity contribution in [1.29, 1.82) is 0 Å². The van der Waals surface area contributed by atoms with E-state index in [4.69, 9.17) is 5.14 Å². The number of hydrogen-bond acceptors (Lipinski definition) is 4. The lowest BCUT2D eigenvalue weighted by atomic mass is 9.85. The van der Waals surface area contributed by atoms with Gasteiger partial charge in [-0.05, 0) is 73.3 Å². The molecule has 1 heterocycles. The van der Waals surface area contributed by atoms with E-state index in [1.165, 1.54) is 19.3 Å². The Kier molecular flexibility index (Phi) is 8.53. The van der Waals surface area contributed by atoms with E-state index in [2.05, 4.69) is 4.57 Å². The predicted molar refractivity (Wildman–Crippen MR) is 153 cm³/mol. The van der Waals surface area contributed by atoms with Crippen LogP contribution in [0.1, 0.15) is 96.2 Å². The summed E-state index contributed by atoms with van der Waals surface area (Å²) in [5.74, 6) is 0.479. The molecular formula is C29H45N3O4S2. The molecule has 2 aliphatic rings. The molecule has 38 heavy (non-hydrogen) atoms. The van der Waals surface area contributed by atoms with Crippen molar-refractivity contribution in [2.24, 2.45) is 11.1 Å². The van der Waals surface area contributed by atoms with Crippen LogP contribution in [0.2, 0.25) is 0 Å². The van der Waals surface area contributed by atoms with Crippen LogP contribution in [-0.2, 0) is 32.0 Å². The number of rotatable bonds is 7. The Balaban J connectivity index is 1.82. The van der Waals surface area contributed by atoms with Gasteiger partial charge in [0.25, 0.3) is 0 Å². The van der Waals surface area contributed by atoms with E-state index in [0.717, 1.165) is 68.3 Å². The van der Waals surface area contributed by atoms with Crippen LogP contribution in [0.4, 0.5) is 0 Å². The van der Waals surface area contributed by atoms with Gasteiger partial charge in [0.1, 0.15) is 4.90 Å². The number of sulfonamides is 2. The fraction of sp³-hybridized carbons (Fsp3) is 0.655. The van der Waals surface area contributed by atoms with Crippen LogP contribution in [-0.4, -0.2) is 38.8 Å². The molecule has 7 nitrogen and oxygen atoms in total. The summed E-state index contributed by atoms with van der Waals surface area (Å²) in [6.07, 6.45) is 10.9. The van der Waals surface area contributed by atoms with Crippen LogP contribution < -0.4 is 5.14 Å². The molecular weight excluding hydrogens is 518 g/mol. The summed E-state index contributed by atoms with van der Waals surface area (Å²) in [5, 5.41) is 5.61. The van der Waals surface area contributed by atoms with Crippen LogP contribution in [0.5, 0.6) is 0 Å². The van der Waals surface area contributed by atoms with E-state index >= 15 is 0 Å². The Bertz CT molecular complexity index is 1360. The number of nitrogens with zero attached hydrogens (tertiary/aromatic N) is 2. The highest BCUT2D eigenvalue weighted by Crippen LogP contribution is 2.38. The third-order valence-corrected chi connectivity index (χ3v) is 11.6. The Morgan fingerprint density at radius 3 is 2.03 bits per heavy atom. The first-order valence-electron chi connectivity index (χ1n) is 14.1. The van der Waals surface area contributed by atoms with Crippen LogP contribution in [0.15, 0.2) is 34.1 Å². The molecule has 0 aliphatic heterocycles. The molecule has 2 aliphatic carbocycles. The second-order valence-corrected chi connectivity index (χ2v) is 15.9. The lowest BCUT2D eigenvalue weighted by molar-refractivity contribution is 0.285. The van der Waals surface area contributed by atoms with Crippen LogP contribution in [0, 0.1) is 12.8 Å². The smallest absolute Gasteiger partial charge is 0.243 e. The quantitative estimate of drug-likeness (QED) is 0.450. The maximum Gasteiger partial charge on any atom is 0.243 e. The topological polar surface area (TPSA) is 102 Å². The van der Waals surface area contributed by atoms with E-state index in [-0.39, 0.29) is 10.9 Å². The fourth-order valence-corrected chi connectivity index (χ4v) is 8.90. The van der Waals surface area contributed by atoms with Gasteiger partial charge < -0.3 is 4.57 Å². The minimum atomic E-state index is -3.90. The van der Waals surface area contributed by atoms with E-state index in [0.29, 0.717) is 16.5 Å². The molecule has 9 heteroatoms.